The highest BCUT2D eigenvalue weighted by Crippen LogP contribution is 2.09. The second kappa shape index (κ2) is 5.03. The molecule has 0 spiro atoms. The SMILES string of the molecule is CCCn1cc(C)nc1NCC(C)C. The van der Waals surface area contributed by atoms with Gasteiger partial charge in [0.2, 0.25) is 5.95 Å². The third-order valence-corrected chi connectivity index (χ3v) is 2.03. The smallest absolute Gasteiger partial charge is 0.203 e. The second-order valence-electron chi connectivity index (χ2n) is 4.17. The molecule has 0 bridgehead atoms. The molecule has 80 valence electrons. The first-order valence-corrected chi connectivity index (χ1v) is 5.41. The van der Waals surface area contributed by atoms with Gasteiger partial charge in [0.1, 0.15) is 0 Å². The fourth-order valence-electron chi connectivity index (χ4n) is 1.39. The van der Waals surface area contributed by atoms with Crippen LogP contribution >= 0.6 is 0 Å². The van der Waals surface area contributed by atoms with Crippen molar-refractivity contribution in [3.05, 3.63) is 11.9 Å². The van der Waals surface area contributed by atoms with Gasteiger partial charge in [-0.2, -0.15) is 0 Å². The summed E-state index contributed by atoms with van der Waals surface area (Å²) in [6, 6.07) is 0. The Morgan fingerprint density at radius 2 is 2.21 bits per heavy atom. The summed E-state index contributed by atoms with van der Waals surface area (Å²) in [5.74, 6) is 1.67. The normalized spacial score (nSPS) is 10.9. The number of anilines is 1. The van der Waals surface area contributed by atoms with Crippen LogP contribution in [0, 0.1) is 12.8 Å². The van der Waals surface area contributed by atoms with Gasteiger partial charge < -0.3 is 9.88 Å². The number of imidazole rings is 1. The largest absolute Gasteiger partial charge is 0.355 e. The second-order valence-corrected chi connectivity index (χ2v) is 4.17. The van der Waals surface area contributed by atoms with Crippen molar-refractivity contribution in [2.45, 2.75) is 40.7 Å². The summed E-state index contributed by atoms with van der Waals surface area (Å²) in [6.45, 7) is 10.6. The lowest BCUT2D eigenvalue weighted by Crippen LogP contribution is -2.12. The van der Waals surface area contributed by atoms with E-state index in [0.29, 0.717) is 5.92 Å². The molecular weight excluding hydrogens is 174 g/mol. The first kappa shape index (κ1) is 11.1. The number of aromatic nitrogens is 2. The zero-order valence-corrected chi connectivity index (χ0v) is 9.67. The van der Waals surface area contributed by atoms with E-state index in [9.17, 15) is 0 Å². The van der Waals surface area contributed by atoms with Crippen molar-refractivity contribution in [1.29, 1.82) is 0 Å². The van der Waals surface area contributed by atoms with E-state index in [-0.39, 0.29) is 0 Å². The van der Waals surface area contributed by atoms with Gasteiger partial charge in [-0.15, -0.1) is 0 Å². The zero-order chi connectivity index (χ0) is 10.6. The number of hydrogen-bond donors (Lipinski definition) is 1. The fourth-order valence-corrected chi connectivity index (χ4v) is 1.39. The summed E-state index contributed by atoms with van der Waals surface area (Å²) < 4.78 is 2.19. The molecule has 1 rings (SSSR count). The van der Waals surface area contributed by atoms with Gasteiger partial charge in [-0.1, -0.05) is 20.8 Å². The van der Waals surface area contributed by atoms with Crippen LogP contribution in [-0.2, 0) is 6.54 Å². The standard InChI is InChI=1S/C11H21N3/c1-5-6-14-8-10(4)13-11(14)12-7-9(2)3/h8-9H,5-7H2,1-4H3,(H,12,13). The monoisotopic (exact) mass is 195 g/mol. The van der Waals surface area contributed by atoms with E-state index in [1.165, 1.54) is 0 Å². The number of nitrogens with zero attached hydrogens (tertiary/aromatic N) is 2. The van der Waals surface area contributed by atoms with Crippen LogP contribution in [0.15, 0.2) is 6.20 Å². The van der Waals surface area contributed by atoms with Crippen molar-refractivity contribution in [1.82, 2.24) is 9.55 Å². The van der Waals surface area contributed by atoms with E-state index in [1.54, 1.807) is 0 Å². The number of aryl methyl sites for hydroxylation is 2. The molecule has 3 nitrogen and oxygen atoms in total. The summed E-state index contributed by atoms with van der Waals surface area (Å²) in [7, 11) is 0. The molecular formula is C11H21N3. The third-order valence-electron chi connectivity index (χ3n) is 2.03. The third kappa shape index (κ3) is 3.05. The maximum absolute atomic E-state index is 4.45. The Morgan fingerprint density at radius 3 is 2.79 bits per heavy atom. The predicted octanol–water partition coefficient (Wildman–Crippen LogP) is 2.67. The van der Waals surface area contributed by atoms with Crippen molar-refractivity contribution >= 4 is 5.95 Å². The van der Waals surface area contributed by atoms with Crippen LogP contribution in [0.3, 0.4) is 0 Å². The summed E-state index contributed by atoms with van der Waals surface area (Å²) in [4.78, 5) is 4.45. The minimum atomic E-state index is 0.655. The average molecular weight is 195 g/mol. The molecule has 1 N–H and O–H groups in total. The first-order chi connectivity index (χ1) is 6.63. The molecule has 0 saturated carbocycles. The maximum Gasteiger partial charge on any atom is 0.203 e. The molecule has 0 aromatic carbocycles. The Balaban J connectivity index is 2.63. The van der Waals surface area contributed by atoms with Crippen LogP contribution in [0.25, 0.3) is 0 Å². The fraction of sp³-hybridized carbons (Fsp3) is 0.727. The van der Waals surface area contributed by atoms with Crippen molar-refractivity contribution in [2.24, 2.45) is 5.92 Å². The van der Waals surface area contributed by atoms with Crippen molar-refractivity contribution in [3.63, 3.8) is 0 Å². The maximum atomic E-state index is 4.45. The van der Waals surface area contributed by atoms with Gasteiger partial charge in [0.05, 0.1) is 5.69 Å². The van der Waals surface area contributed by atoms with Crippen LogP contribution in [0.5, 0.6) is 0 Å². The summed E-state index contributed by atoms with van der Waals surface area (Å²) >= 11 is 0. The van der Waals surface area contributed by atoms with Gasteiger partial charge in [-0.3, -0.25) is 0 Å². The van der Waals surface area contributed by atoms with Gasteiger partial charge in [0.25, 0.3) is 0 Å². The predicted molar refractivity (Wildman–Crippen MR) is 60.6 cm³/mol. The van der Waals surface area contributed by atoms with E-state index < -0.39 is 0 Å². The van der Waals surface area contributed by atoms with Crippen LogP contribution in [0.2, 0.25) is 0 Å². The van der Waals surface area contributed by atoms with Gasteiger partial charge in [0, 0.05) is 19.3 Å². The molecule has 0 aliphatic rings. The lowest BCUT2D eigenvalue weighted by atomic mass is 10.2. The molecule has 14 heavy (non-hydrogen) atoms. The molecule has 0 unspecified atom stereocenters. The van der Waals surface area contributed by atoms with Crippen LogP contribution in [0.1, 0.15) is 32.9 Å². The van der Waals surface area contributed by atoms with E-state index >= 15 is 0 Å². The Hall–Kier alpha value is -0.990. The van der Waals surface area contributed by atoms with Gasteiger partial charge in [-0.05, 0) is 19.3 Å². The van der Waals surface area contributed by atoms with Crippen molar-refractivity contribution in [3.8, 4) is 0 Å². The lowest BCUT2D eigenvalue weighted by Gasteiger charge is -2.10. The topological polar surface area (TPSA) is 29.9 Å². The lowest BCUT2D eigenvalue weighted by molar-refractivity contribution is 0.654. The molecule has 0 aliphatic carbocycles. The van der Waals surface area contributed by atoms with Crippen molar-refractivity contribution < 1.29 is 0 Å². The van der Waals surface area contributed by atoms with Crippen LogP contribution in [-0.4, -0.2) is 16.1 Å². The number of rotatable bonds is 5. The van der Waals surface area contributed by atoms with Crippen LogP contribution in [0.4, 0.5) is 5.95 Å². The summed E-state index contributed by atoms with van der Waals surface area (Å²) in [5.41, 5.74) is 1.09. The summed E-state index contributed by atoms with van der Waals surface area (Å²) in [5, 5.41) is 3.37. The molecule has 1 aromatic rings. The van der Waals surface area contributed by atoms with Crippen LogP contribution < -0.4 is 5.32 Å². The minimum absolute atomic E-state index is 0.655. The molecule has 1 aromatic heterocycles. The molecule has 0 radical (unpaired) electrons. The highest BCUT2D eigenvalue weighted by Gasteiger charge is 2.04. The van der Waals surface area contributed by atoms with Gasteiger partial charge in [0.15, 0.2) is 0 Å². The molecule has 0 aliphatic heterocycles. The molecule has 0 amide bonds. The minimum Gasteiger partial charge on any atom is -0.355 e. The number of nitrogens with one attached hydrogen (secondary N) is 1. The first-order valence-electron chi connectivity index (χ1n) is 5.41. The molecule has 0 fully saturated rings. The molecule has 1 heterocycles. The van der Waals surface area contributed by atoms with Gasteiger partial charge in [-0.25, -0.2) is 4.98 Å². The Kier molecular flexibility index (Phi) is 3.98. The molecule has 0 saturated heterocycles. The highest BCUT2D eigenvalue weighted by molar-refractivity contribution is 5.28. The van der Waals surface area contributed by atoms with E-state index in [1.807, 2.05) is 6.92 Å². The summed E-state index contributed by atoms with van der Waals surface area (Å²) in [6.07, 6.45) is 3.25. The zero-order valence-electron chi connectivity index (χ0n) is 9.67. The van der Waals surface area contributed by atoms with E-state index in [0.717, 1.165) is 31.2 Å². The highest BCUT2D eigenvalue weighted by atomic mass is 15.2. The Morgan fingerprint density at radius 1 is 1.50 bits per heavy atom. The Bertz CT molecular complexity index is 276. The number of hydrogen-bond acceptors (Lipinski definition) is 2. The Labute approximate surface area is 86.5 Å². The molecule has 3 heteroatoms. The van der Waals surface area contributed by atoms with E-state index in [2.05, 4.69) is 41.8 Å². The average Bonchev–Trinajstić information content (AvgIpc) is 2.44. The van der Waals surface area contributed by atoms with E-state index in [4.69, 9.17) is 0 Å². The molecule has 0 atom stereocenters. The quantitative estimate of drug-likeness (QED) is 0.782. The van der Waals surface area contributed by atoms with Crippen molar-refractivity contribution in [2.75, 3.05) is 11.9 Å². The van der Waals surface area contributed by atoms with Gasteiger partial charge >= 0.3 is 0 Å².